The molecule has 0 aromatic heterocycles. The number of benzene rings is 1. The molecule has 3 rings (SSSR count). The first-order valence-corrected chi connectivity index (χ1v) is 7.98. The Bertz CT molecular complexity index is 506. The van der Waals surface area contributed by atoms with E-state index < -0.39 is 11.6 Å². The monoisotopic (exact) mass is 311 g/mol. The van der Waals surface area contributed by atoms with Gasteiger partial charge in [-0.15, -0.1) is 0 Å². The van der Waals surface area contributed by atoms with Gasteiger partial charge in [0.25, 0.3) is 0 Å². The number of nitrogens with one attached hydrogen (secondary N) is 2. The summed E-state index contributed by atoms with van der Waals surface area (Å²) in [5, 5.41) is 16.8. The molecule has 1 aromatic rings. The highest BCUT2D eigenvalue weighted by molar-refractivity contribution is 5.47. The maximum atomic E-state index is 13.3. The van der Waals surface area contributed by atoms with Crippen molar-refractivity contribution in [3.05, 3.63) is 29.8 Å². The Kier molecular flexibility index (Phi) is 4.90. The molecule has 0 bridgehead atoms. The zero-order valence-electron chi connectivity index (χ0n) is 12.6. The zero-order chi connectivity index (χ0) is 15.5. The summed E-state index contributed by atoms with van der Waals surface area (Å²) in [5.74, 6) is -1.60. The molecule has 2 fully saturated rings. The van der Waals surface area contributed by atoms with Crippen LogP contribution in [-0.4, -0.2) is 49.5 Å². The van der Waals surface area contributed by atoms with Crippen LogP contribution in [0.5, 0.6) is 0 Å². The molecule has 4 nitrogen and oxygen atoms in total. The van der Waals surface area contributed by atoms with Gasteiger partial charge in [-0.1, -0.05) is 0 Å². The lowest BCUT2D eigenvalue weighted by Crippen LogP contribution is -2.56. The maximum Gasteiger partial charge on any atom is 0.160 e. The van der Waals surface area contributed by atoms with E-state index in [9.17, 15) is 13.9 Å². The molecular formula is C16H23F2N3O. The Morgan fingerprint density at radius 2 is 1.91 bits per heavy atom. The van der Waals surface area contributed by atoms with Gasteiger partial charge in [0.15, 0.2) is 11.6 Å². The van der Waals surface area contributed by atoms with Gasteiger partial charge in [-0.05, 0) is 37.9 Å². The van der Waals surface area contributed by atoms with Gasteiger partial charge >= 0.3 is 0 Å². The van der Waals surface area contributed by atoms with Crippen molar-refractivity contribution in [2.75, 3.05) is 31.1 Å². The Labute approximate surface area is 129 Å². The van der Waals surface area contributed by atoms with E-state index in [4.69, 9.17) is 0 Å². The molecule has 22 heavy (non-hydrogen) atoms. The summed E-state index contributed by atoms with van der Waals surface area (Å²) < 4.78 is 26.3. The first-order chi connectivity index (χ1) is 10.6. The summed E-state index contributed by atoms with van der Waals surface area (Å²) in [7, 11) is 0. The molecule has 122 valence electrons. The predicted octanol–water partition coefficient (Wildman–Crippen LogP) is 1.25. The lowest BCUT2D eigenvalue weighted by Gasteiger charge is -2.38. The molecule has 0 radical (unpaired) electrons. The summed E-state index contributed by atoms with van der Waals surface area (Å²) in [6.45, 7) is 3.27. The Hall–Kier alpha value is -1.24. The minimum atomic E-state index is -0.806. The van der Waals surface area contributed by atoms with E-state index in [1.54, 1.807) is 6.07 Å². The molecule has 0 amide bonds. The molecule has 2 aliphatic heterocycles. The van der Waals surface area contributed by atoms with Gasteiger partial charge in [-0.3, -0.25) is 0 Å². The predicted molar refractivity (Wildman–Crippen MR) is 82.0 cm³/mol. The quantitative estimate of drug-likeness (QED) is 0.786. The third-order valence-electron chi connectivity index (χ3n) is 4.66. The minimum Gasteiger partial charge on any atom is -0.391 e. The van der Waals surface area contributed by atoms with E-state index in [1.165, 1.54) is 12.1 Å². The second kappa shape index (κ2) is 6.89. The summed E-state index contributed by atoms with van der Waals surface area (Å²) in [6, 6.07) is 4.53. The van der Waals surface area contributed by atoms with E-state index >= 15 is 0 Å². The zero-order valence-corrected chi connectivity index (χ0v) is 12.6. The fourth-order valence-electron chi connectivity index (χ4n) is 3.30. The van der Waals surface area contributed by atoms with Crippen LogP contribution in [0.15, 0.2) is 18.2 Å². The van der Waals surface area contributed by atoms with Crippen molar-refractivity contribution >= 4 is 5.69 Å². The van der Waals surface area contributed by atoms with Gasteiger partial charge in [0.1, 0.15) is 0 Å². The molecule has 6 heteroatoms. The number of piperidine rings is 2. The van der Waals surface area contributed by atoms with Gasteiger partial charge < -0.3 is 20.6 Å². The Balaban J connectivity index is 1.52. The van der Waals surface area contributed by atoms with Crippen molar-refractivity contribution in [1.29, 1.82) is 0 Å². The van der Waals surface area contributed by atoms with E-state index in [1.807, 2.05) is 0 Å². The SMILES string of the molecule is OC1CCNCC1NC1CCN(c2ccc(F)c(F)c2)CC1. The second-order valence-corrected chi connectivity index (χ2v) is 6.19. The van der Waals surface area contributed by atoms with Crippen molar-refractivity contribution < 1.29 is 13.9 Å². The molecule has 3 N–H and O–H groups in total. The van der Waals surface area contributed by atoms with Crippen LogP contribution in [0.4, 0.5) is 14.5 Å². The van der Waals surface area contributed by atoms with Crippen LogP contribution < -0.4 is 15.5 Å². The summed E-state index contributed by atoms with van der Waals surface area (Å²) in [4.78, 5) is 2.08. The average molecular weight is 311 g/mol. The number of nitrogens with zero attached hydrogens (tertiary/aromatic N) is 1. The number of hydrogen-bond donors (Lipinski definition) is 3. The van der Waals surface area contributed by atoms with Gasteiger partial charge in [-0.2, -0.15) is 0 Å². The molecule has 0 aliphatic carbocycles. The van der Waals surface area contributed by atoms with E-state index in [0.29, 0.717) is 6.04 Å². The van der Waals surface area contributed by atoms with Crippen molar-refractivity contribution in [1.82, 2.24) is 10.6 Å². The summed E-state index contributed by atoms with van der Waals surface area (Å²) in [6.07, 6.45) is 2.36. The number of anilines is 1. The van der Waals surface area contributed by atoms with Gasteiger partial charge in [0, 0.05) is 43.5 Å². The topological polar surface area (TPSA) is 47.5 Å². The fourth-order valence-corrected chi connectivity index (χ4v) is 3.30. The highest BCUT2D eigenvalue weighted by Gasteiger charge is 2.27. The number of aliphatic hydroxyl groups excluding tert-OH is 1. The molecule has 2 saturated heterocycles. The van der Waals surface area contributed by atoms with Crippen LogP contribution in [0.25, 0.3) is 0 Å². The maximum absolute atomic E-state index is 13.3. The smallest absolute Gasteiger partial charge is 0.160 e. The second-order valence-electron chi connectivity index (χ2n) is 6.19. The number of rotatable bonds is 3. The molecule has 2 heterocycles. The number of halogens is 2. The number of hydrogen-bond acceptors (Lipinski definition) is 4. The lowest BCUT2D eigenvalue weighted by atomic mass is 9.99. The van der Waals surface area contributed by atoms with E-state index in [0.717, 1.165) is 51.1 Å². The highest BCUT2D eigenvalue weighted by atomic mass is 19.2. The summed E-state index contributed by atoms with van der Waals surface area (Å²) >= 11 is 0. The molecule has 1 aromatic carbocycles. The van der Waals surface area contributed by atoms with Crippen molar-refractivity contribution in [3.8, 4) is 0 Å². The first kappa shape index (κ1) is 15.6. The first-order valence-electron chi connectivity index (χ1n) is 7.98. The molecule has 0 spiro atoms. The fraction of sp³-hybridized carbons (Fsp3) is 0.625. The minimum absolute atomic E-state index is 0.105. The van der Waals surface area contributed by atoms with Crippen LogP contribution in [0.2, 0.25) is 0 Å². The van der Waals surface area contributed by atoms with Crippen LogP contribution in [0.1, 0.15) is 19.3 Å². The molecule has 2 aliphatic rings. The van der Waals surface area contributed by atoms with Crippen LogP contribution in [0.3, 0.4) is 0 Å². The number of aliphatic hydroxyl groups is 1. The highest BCUT2D eigenvalue weighted by Crippen LogP contribution is 2.22. The lowest BCUT2D eigenvalue weighted by molar-refractivity contribution is 0.0909. The Morgan fingerprint density at radius 1 is 1.14 bits per heavy atom. The van der Waals surface area contributed by atoms with E-state index in [-0.39, 0.29) is 12.1 Å². The largest absolute Gasteiger partial charge is 0.391 e. The average Bonchev–Trinajstić information content (AvgIpc) is 2.53. The molecule has 0 saturated carbocycles. The molecule has 2 atom stereocenters. The normalized spacial score (nSPS) is 27.1. The Morgan fingerprint density at radius 3 is 2.59 bits per heavy atom. The molecular weight excluding hydrogens is 288 g/mol. The standard InChI is InChI=1S/C16H23F2N3O/c17-13-2-1-12(9-14(13)18)21-7-4-11(5-8-21)20-15-10-19-6-3-16(15)22/h1-2,9,11,15-16,19-20,22H,3-8,10H2. The van der Waals surface area contributed by atoms with Crippen LogP contribution >= 0.6 is 0 Å². The van der Waals surface area contributed by atoms with Crippen LogP contribution in [-0.2, 0) is 0 Å². The van der Waals surface area contributed by atoms with Crippen LogP contribution in [0, 0.1) is 11.6 Å². The van der Waals surface area contributed by atoms with Crippen molar-refractivity contribution in [3.63, 3.8) is 0 Å². The third kappa shape index (κ3) is 3.56. The van der Waals surface area contributed by atoms with Crippen molar-refractivity contribution in [2.24, 2.45) is 0 Å². The third-order valence-corrected chi connectivity index (χ3v) is 4.66. The van der Waals surface area contributed by atoms with Gasteiger partial charge in [-0.25, -0.2) is 8.78 Å². The van der Waals surface area contributed by atoms with Gasteiger partial charge in [0.05, 0.1) is 6.10 Å². The van der Waals surface area contributed by atoms with Gasteiger partial charge in [0.2, 0.25) is 0 Å². The van der Waals surface area contributed by atoms with Crippen molar-refractivity contribution in [2.45, 2.75) is 37.5 Å². The molecule has 2 unspecified atom stereocenters. The summed E-state index contributed by atoms with van der Waals surface area (Å²) in [5.41, 5.74) is 0.733. The van der Waals surface area contributed by atoms with E-state index in [2.05, 4.69) is 15.5 Å².